The summed E-state index contributed by atoms with van der Waals surface area (Å²) < 4.78 is 0. The van der Waals surface area contributed by atoms with Gasteiger partial charge in [0.1, 0.15) is 5.54 Å². The fraction of sp³-hybridized carbons (Fsp3) is 0.500. The van der Waals surface area contributed by atoms with Gasteiger partial charge in [-0.15, -0.1) is 0 Å². The maximum atomic E-state index is 12.7. The summed E-state index contributed by atoms with van der Waals surface area (Å²) in [5.41, 5.74) is 1.46. The fourth-order valence-corrected chi connectivity index (χ4v) is 4.06. The first-order chi connectivity index (χ1) is 12.0. The number of nitrogens with zero attached hydrogens (tertiary/aromatic N) is 3. The highest BCUT2D eigenvalue weighted by atomic mass is 16.2. The Bertz CT molecular complexity index is 740. The minimum absolute atomic E-state index is 0.0970. The third kappa shape index (κ3) is 2.59. The molecule has 3 aliphatic rings. The fourth-order valence-electron chi connectivity index (χ4n) is 4.06. The summed E-state index contributed by atoms with van der Waals surface area (Å²) in [4.78, 5) is 41.8. The molecule has 0 atom stereocenters. The van der Waals surface area contributed by atoms with E-state index in [4.69, 9.17) is 0 Å². The van der Waals surface area contributed by atoms with E-state index in [1.807, 2.05) is 23.1 Å². The minimum Gasteiger partial charge on any atom is -0.323 e. The van der Waals surface area contributed by atoms with E-state index in [2.05, 4.69) is 16.3 Å². The van der Waals surface area contributed by atoms with Crippen molar-refractivity contribution >= 4 is 23.5 Å². The van der Waals surface area contributed by atoms with Crippen LogP contribution in [0.2, 0.25) is 0 Å². The second-order valence-corrected chi connectivity index (χ2v) is 7.08. The summed E-state index contributed by atoms with van der Waals surface area (Å²) in [6.07, 6.45) is 2.00. The lowest BCUT2D eigenvalue weighted by atomic mass is 9.87. The topological polar surface area (TPSA) is 73.0 Å². The van der Waals surface area contributed by atoms with Crippen LogP contribution in [0.15, 0.2) is 24.3 Å². The maximum Gasteiger partial charge on any atom is 0.324 e. The molecule has 4 rings (SSSR count). The van der Waals surface area contributed by atoms with E-state index in [0.29, 0.717) is 32.5 Å². The summed E-state index contributed by atoms with van der Waals surface area (Å²) in [6, 6.07) is 7.69. The number of rotatable bonds is 2. The average Bonchev–Trinajstić information content (AvgIpc) is 3.13. The summed E-state index contributed by atoms with van der Waals surface area (Å²) in [6.45, 7) is 2.33. The van der Waals surface area contributed by atoms with Gasteiger partial charge in [-0.25, -0.2) is 4.79 Å². The Morgan fingerprint density at radius 2 is 1.88 bits per heavy atom. The van der Waals surface area contributed by atoms with E-state index < -0.39 is 5.54 Å². The van der Waals surface area contributed by atoms with Crippen LogP contribution < -0.4 is 10.2 Å². The van der Waals surface area contributed by atoms with Crippen LogP contribution in [0.1, 0.15) is 18.4 Å². The number of hydrogen-bond acceptors (Lipinski definition) is 4. The summed E-state index contributed by atoms with van der Waals surface area (Å²) >= 11 is 0. The van der Waals surface area contributed by atoms with Gasteiger partial charge in [-0.3, -0.25) is 19.4 Å². The number of imide groups is 1. The molecule has 0 unspecified atom stereocenters. The van der Waals surface area contributed by atoms with E-state index in [0.717, 1.165) is 23.6 Å². The van der Waals surface area contributed by atoms with Crippen LogP contribution in [-0.4, -0.2) is 66.4 Å². The van der Waals surface area contributed by atoms with Crippen LogP contribution in [-0.2, 0) is 16.0 Å². The number of para-hydroxylation sites is 1. The molecule has 2 fully saturated rings. The first-order valence-corrected chi connectivity index (χ1v) is 8.71. The number of amides is 4. The highest BCUT2D eigenvalue weighted by molar-refractivity contribution is 6.06. The lowest BCUT2D eigenvalue weighted by molar-refractivity contribution is -0.132. The molecule has 0 radical (unpaired) electrons. The van der Waals surface area contributed by atoms with E-state index in [1.54, 1.807) is 0 Å². The minimum atomic E-state index is -0.772. The Morgan fingerprint density at radius 3 is 2.56 bits per heavy atom. The van der Waals surface area contributed by atoms with Gasteiger partial charge in [-0.05, 0) is 30.9 Å². The third-order valence-electron chi connectivity index (χ3n) is 5.62. The van der Waals surface area contributed by atoms with E-state index in [9.17, 15) is 14.4 Å². The van der Waals surface area contributed by atoms with Gasteiger partial charge in [0, 0.05) is 32.4 Å². The van der Waals surface area contributed by atoms with Crippen LogP contribution in [0.3, 0.4) is 0 Å². The van der Waals surface area contributed by atoms with Gasteiger partial charge in [-0.1, -0.05) is 18.2 Å². The first-order valence-electron chi connectivity index (χ1n) is 8.71. The molecule has 132 valence electrons. The van der Waals surface area contributed by atoms with Crippen LogP contribution in [0.5, 0.6) is 0 Å². The number of benzene rings is 1. The molecule has 0 bridgehead atoms. The molecule has 0 aromatic heterocycles. The Kier molecular flexibility index (Phi) is 3.76. The molecular formula is C18H22N4O3. The number of likely N-dealkylation sites (N-methyl/N-ethyl adjacent to an activating group) is 1. The highest BCUT2D eigenvalue weighted by Gasteiger charge is 2.51. The molecular weight excluding hydrogens is 320 g/mol. The normalized spacial score (nSPS) is 22.4. The number of anilines is 1. The number of nitrogens with one attached hydrogen (secondary N) is 1. The number of likely N-dealkylation sites (tertiary alicyclic amines) is 1. The maximum absolute atomic E-state index is 12.7. The quantitative estimate of drug-likeness (QED) is 0.799. The van der Waals surface area contributed by atoms with Gasteiger partial charge in [0.25, 0.3) is 5.91 Å². The first kappa shape index (κ1) is 16.1. The van der Waals surface area contributed by atoms with Crippen LogP contribution in [0.25, 0.3) is 0 Å². The van der Waals surface area contributed by atoms with Gasteiger partial charge in [0.15, 0.2) is 0 Å². The standard InChI is InChI=1S/C18H22N4O3/c1-20-16(24)18(19-17(20)25)7-10-21(11-8-18)12-15(23)22-9-6-13-4-2-3-5-14(13)22/h2-5H,6-12H2,1H3,(H,19,25). The van der Waals surface area contributed by atoms with Crippen LogP contribution in [0.4, 0.5) is 10.5 Å². The smallest absolute Gasteiger partial charge is 0.323 e. The number of piperidine rings is 1. The third-order valence-corrected chi connectivity index (χ3v) is 5.62. The molecule has 25 heavy (non-hydrogen) atoms. The van der Waals surface area contributed by atoms with Crippen molar-refractivity contribution in [2.24, 2.45) is 0 Å². The monoisotopic (exact) mass is 342 g/mol. The van der Waals surface area contributed by atoms with Crippen molar-refractivity contribution in [2.75, 3.05) is 38.1 Å². The second kappa shape index (κ2) is 5.84. The van der Waals surface area contributed by atoms with E-state index in [1.165, 1.54) is 12.6 Å². The van der Waals surface area contributed by atoms with Crippen molar-refractivity contribution < 1.29 is 14.4 Å². The zero-order valence-corrected chi connectivity index (χ0v) is 14.3. The van der Waals surface area contributed by atoms with Crippen LogP contribution >= 0.6 is 0 Å². The van der Waals surface area contributed by atoms with Crippen molar-refractivity contribution in [2.45, 2.75) is 24.8 Å². The number of carbonyl (C=O) groups is 3. The Morgan fingerprint density at radius 1 is 1.16 bits per heavy atom. The molecule has 4 amide bonds. The predicted molar refractivity (Wildman–Crippen MR) is 92.2 cm³/mol. The van der Waals surface area contributed by atoms with Gasteiger partial charge in [0.2, 0.25) is 5.91 Å². The van der Waals surface area contributed by atoms with Crippen molar-refractivity contribution in [3.8, 4) is 0 Å². The van der Waals surface area contributed by atoms with Crippen molar-refractivity contribution in [3.63, 3.8) is 0 Å². The molecule has 3 heterocycles. The molecule has 1 N–H and O–H groups in total. The Labute approximate surface area is 146 Å². The largest absolute Gasteiger partial charge is 0.324 e. The molecule has 0 saturated carbocycles. The molecule has 3 aliphatic heterocycles. The molecule has 7 heteroatoms. The number of fused-ring (bicyclic) bond motifs is 1. The van der Waals surface area contributed by atoms with Crippen molar-refractivity contribution in [1.29, 1.82) is 0 Å². The van der Waals surface area contributed by atoms with Gasteiger partial charge in [0.05, 0.1) is 6.54 Å². The van der Waals surface area contributed by atoms with E-state index in [-0.39, 0.29) is 17.8 Å². The predicted octanol–water partition coefficient (Wildman–Crippen LogP) is 0.592. The molecule has 1 aromatic rings. The summed E-state index contributed by atoms with van der Waals surface area (Å²) in [5, 5.41) is 2.83. The highest BCUT2D eigenvalue weighted by Crippen LogP contribution is 2.30. The van der Waals surface area contributed by atoms with Gasteiger partial charge in [-0.2, -0.15) is 0 Å². The second-order valence-electron chi connectivity index (χ2n) is 7.08. The Hall–Kier alpha value is -2.41. The molecule has 1 spiro atoms. The van der Waals surface area contributed by atoms with Crippen molar-refractivity contribution in [3.05, 3.63) is 29.8 Å². The lowest BCUT2D eigenvalue weighted by Crippen LogP contribution is -2.56. The van der Waals surface area contributed by atoms with Crippen molar-refractivity contribution in [1.82, 2.24) is 15.1 Å². The average molecular weight is 342 g/mol. The van der Waals surface area contributed by atoms with E-state index >= 15 is 0 Å². The zero-order chi connectivity index (χ0) is 17.6. The lowest BCUT2D eigenvalue weighted by Gasteiger charge is -2.37. The Balaban J connectivity index is 1.38. The number of hydrogen-bond donors (Lipinski definition) is 1. The summed E-state index contributed by atoms with van der Waals surface area (Å²) in [5.74, 6) is -0.0586. The molecule has 0 aliphatic carbocycles. The van der Waals surface area contributed by atoms with Gasteiger partial charge >= 0.3 is 6.03 Å². The summed E-state index contributed by atoms with van der Waals surface area (Å²) in [7, 11) is 1.51. The number of carbonyl (C=O) groups excluding carboxylic acids is 3. The SMILES string of the molecule is CN1C(=O)NC2(CCN(CC(=O)N3CCc4ccccc43)CC2)C1=O. The zero-order valence-electron chi connectivity index (χ0n) is 14.3. The number of urea groups is 1. The molecule has 7 nitrogen and oxygen atoms in total. The van der Waals surface area contributed by atoms with Gasteiger partial charge < -0.3 is 10.2 Å². The molecule has 1 aromatic carbocycles. The van der Waals surface area contributed by atoms with Crippen LogP contribution in [0, 0.1) is 0 Å². The molecule has 2 saturated heterocycles.